The third-order valence-electron chi connectivity index (χ3n) is 1.88. The van der Waals surface area contributed by atoms with Gasteiger partial charge in [-0.3, -0.25) is 0 Å². The first-order valence-corrected chi connectivity index (χ1v) is 4.68. The molecule has 0 aliphatic carbocycles. The molecule has 0 heterocycles. The van der Waals surface area contributed by atoms with Crippen molar-refractivity contribution in [3.8, 4) is 0 Å². The van der Waals surface area contributed by atoms with Crippen molar-refractivity contribution < 1.29 is 0 Å². The van der Waals surface area contributed by atoms with Crippen molar-refractivity contribution in [2.45, 2.75) is 61.8 Å². The minimum Gasteiger partial charge on any atom is -0.0776 e. The Kier molecular flexibility index (Phi) is 19.8. The Balaban J connectivity index is -0.000000196. The summed E-state index contributed by atoms with van der Waals surface area (Å²) >= 11 is 0. The van der Waals surface area contributed by atoms with Crippen LogP contribution in [0.4, 0.5) is 0 Å². The predicted molar refractivity (Wildman–Crippen MR) is 57.0 cm³/mol. The highest BCUT2D eigenvalue weighted by Crippen LogP contribution is 2.14. The van der Waals surface area contributed by atoms with Gasteiger partial charge < -0.3 is 0 Å². The summed E-state index contributed by atoms with van der Waals surface area (Å²) in [6, 6.07) is 0. The highest BCUT2D eigenvalue weighted by atomic mass is 14.1. The lowest BCUT2D eigenvalue weighted by atomic mass is 9.94. The molecule has 11 heavy (non-hydrogen) atoms. The molecule has 0 saturated heterocycles. The molecule has 0 aliphatic rings. The first-order chi connectivity index (χ1) is 4.68. The van der Waals surface area contributed by atoms with Crippen LogP contribution in [-0.2, 0) is 0 Å². The van der Waals surface area contributed by atoms with Crippen LogP contribution in [0.3, 0.4) is 0 Å². The van der Waals surface area contributed by atoms with Crippen molar-refractivity contribution >= 4 is 0 Å². The summed E-state index contributed by atoms with van der Waals surface area (Å²) in [4.78, 5) is 0. The zero-order chi connectivity index (χ0) is 8.57. The third kappa shape index (κ3) is 13.1. The molecule has 0 aromatic heterocycles. The number of rotatable bonds is 3. The molecule has 72 valence electrons. The Morgan fingerprint density at radius 1 is 1.00 bits per heavy atom. The van der Waals surface area contributed by atoms with E-state index in [1.165, 1.54) is 12.8 Å². The van der Waals surface area contributed by atoms with Gasteiger partial charge in [-0.05, 0) is 11.8 Å². The second-order valence-corrected chi connectivity index (χ2v) is 3.01. The molecule has 0 aromatic carbocycles. The van der Waals surface area contributed by atoms with Crippen molar-refractivity contribution in [1.82, 2.24) is 0 Å². The SMILES string of the molecule is C.CC.CCCC(C)C(C)C. The molecule has 0 heteroatoms. The van der Waals surface area contributed by atoms with Crippen molar-refractivity contribution in [1.29, 1.82) is 0 Å². The molecule has 0 spiro atoms. The average molecular weight is 160 g/mol. The lowest BCUT2D eigenvalue weighted by Crippen LogP contribution is -2.02. The summed E-state index contributed by atoms with van der Waals surface area (Å²) in [5.41, 5.74) is 0. The summed E-state index contributed by atoms with van der Waals surface area (Å²) in [5, 5.41) is 0. The van der Waals surface area contributed by atoms with Crippen LogP contribution in [0.25, 0.3) is 0 Å². The Morgan fingerprint density at radius 3 is 1.45 bits per heavy atom. The van der Waals surface area contributed by atoms with E-state index in [0.29, 0.717) is 0 Å². The fraction of sp³-hybridized carbons (Fsp3) is 1.00. The van der Waals surface area contributed by atoms with E-state index in [9.17, 15) is 0 Å². The summed E-state index contributed by atoms with van der Waals surface area (Å²) in [7, 11) is 0. The van der Waals surface area contributed by atoms with Gasteiger partial charge in [0.1, 0.15) is 0 Å². The first-order valence-electron chi connectivity index (χ1n) is 4.68. The molecule has 1 atom stereocenters. The lowest BCUT2D eigenvalue weighted by molar-refractivity contribution is 0.389. The standard InChI is InChI=1S/C8H18.C2H6.CH4/c1-5-6-8(4)7(2)3;1-2;/h7-8H,5-6H2,1-4H3;1-2H3;1H4. The number of hydrogen-bond donors (Lipinski definition) is 0. The minimum absolute atomic E-state index is 0. The van der Waals surface area contributed by atoms with Gasteiger partial charge >= 0.3 is 0 Å². The van der Waals surface area contributed by atoms with E-state index < -0.39 is 0 Å². The van der Waals surface area contributed by atoms with E-state index in [0.717, 1.165) is 11.8 Å². The maximum absolute atomic E-state index is 2.33. The van der Waals surface area contributed by atoms with Gasteiger partial charge in [0.15, 0.2) is 0 Å². The smallest absolute Gasteiger partial charge is 0.0420 e. The van der Waals surface area contributed by atoms with Crippen LogP contribution in [0, 0.1) is 11.8 Å². The zero-order valence-corrected chi connectivity index (χ0v) is 8.57. The van der Waals surface area contributed by atoms with E-state index in [4.69, 9.17) is 0 Å². The first kappa shape index (κ1) is 17.2. The highest BCUT2D eigenvalue weighted by molar-refractivity contribution is 4.54. The summed E-state index contributed by atoms with van der Waals surface area (Å²) in [6.07, 6.45) is 2.72. The van der Waals surface area contributed by atoms with Gasteiger partial charge in [-0.25, -0.2) is 0 Å². The van der Waals surface area contributed by atoms with Crippen LogP contribution in [0.1, 0.15) is 61.8 Å². The van der Waals surface area contributed by atoms with Gasteiger partial charge in [0.2, 0.25) is 0 Å². The molecular weight excluding hydrogens is 132 g/mol. The monoisotopic (exact) mass is 160 g/mol. The van der Waals surface area contributed by atoms with Crippen LogP contribution in [0.15, 0.2) is 0 Å². The van der Waals surface area contributed by atoms with Crippen LogP contribution < -0.4 is 0 Å². The Morgan fingerprint density at radius 2 is 1.36 bits per heavy atom. The quantitative estimate of drug-likeness (QED) is 0.559. The highest BCUT2D eigenvalue weighted by Gasteiger charge is 2.03. The van der Waals surface area contributed by atoms with Crippen LogP contribution in [0.2, 0.25) is 0 Å². The zero-order valence-electron chi connectivity index (χ0n) is 8.57. The van der Waals surface area contributed by atoms with E-state index in [-0.39, 0.29) is 7.43 Å². The largest absolute Gasteiger partial charge is 0.0776 e. The maximum Gasteiger partial charge on any atom is -0.0420 e. The normalized spacial score (nSPS) is 11.2. The molecule has 0 amide bonds. The second-order valence-electron chi connectivity index (χ2n) is 3.01. The average Bonchev–Trinajstić information content (AvgIpc) is 1.93. The van der Waals surface area contributed by atoms with Gasteiger partial charge in [0, 0.05) is 0 Å². The molecular formula is C11H28. The van der Waals surface area contributed by atoms with E-state index in [2.05, 4.69) is 27.7 Å². The topological polar surface area (TPSA) is 0 Å². The molecule has 0 N–H and O–H groups in total. The van der Waals surface area contributed by atoms with Gasteiger partial charge in [0.05, 0.1) is 0 Å². The Labute approximate surface area is 74.4 Å². The molecule has 0 radical (unpaired) electrons. The second kappa shape index (κ2) is 12.7. The van der Waals surface area contributed by atoms with E-state index in [1.807, 2.05) is 13.8 Å². The van der Waals surface area contributed by atoms with Crippen LogP contribution in [0.5, 0.6) is 0 Å². The third-order valence-corrected chi connectivity index (χ3v) is 1.88. The maximum atomic E-state index is 2.33. The summed E-state index contributed by atoms with van der Waals surface area (Å²) in [6.45, 7) is 13.2. The van der Waals surface area contributed by atoms with Crippen molar-refractivity contribution in [2.24, 2.45) is 11.8 Å². The molecule has 0 aliphatic heterocycles. The Bertz CT molecular complexity index is 46.0. The van der Waals surface area contributed by atoms with Gasteiger partial charge in [0.25, 0.3) is 0 Å². The molecule has 0 saturated carbocycles. The van der Waals surface area contributed by atoms with E-state index in [1.54, 1.807) is 0 Å². The van der Waals surface area contributed by atoms with Gasteiger partial charge in [-0.2, -0.15) is 0 Å². The molecule has 0 bridgehead atoms. The van der Waals surface area contributed by atoms with E-state index >= 15 is 0 Å². The molecule has 0 fully saturated rings. The minimum atomic E-state index is 0. The van der Waals surface area contributed by atoms with Gasteiger partial charge in [-0.15, -0.1) is 0 Å². The fourth-order valence-corrected chi connectivity index (χ4v) is 0.789. The van der Waals surface area contributed by atoms with Crippen molar-refractivity contribution in [2.75, 3.05) is 0 Å². The van der Waals surface area contributed by atoms with Gasteiger partial charge in [-0.1, -0.05) is 61.8 Å². The molecule has 1 unspecified atom stereocenters. The summed E-state index contributed by atoms with van der Waals surface area (Å²) in [5.74, 6) is 1.79. The van der Waals surface area contributed by atoms with Crippen molar-refractivity contribution in [3.05, 3.63) is 0 Å². The van der Waals surface area contributed by atoms with Crippen molar-refractivity contribution in [3.63, 3.8) is 0 Å². The molecule has 0 rings (SSSR count). The summed E-state index contributed by atoms with van der Waals surface area (Å²) < 4.78 is 0. The number of hydrogen-bond acceptors (Lipinski definition) is 0. The fourth-order valence-electron chi connectivity index (χ4n) is 0.789. The lowest BCUT2D eigenvalue weighted by Gasteiger charge is -2.12. The Hall–Kier alpha value is 0. The molecule has 0 nitrogen and oxygen atoms in total. The molecule has 0 aromatic rings. The predicted octanol–water partition coefficient (Wildman–Crippen LogP) is 4.74. The van der Waals surface area contributed by atoms with Crippen LogP contribution >= 0.6 is 0 Å². The van der Waals surface area contributed by atoms with Crippen LogP contribution in [-0.4, -0.2) is 0 Å².